The molecule has 0 aliphatic carbocycles. The number of aryl methyl sites for hydroxylation is 3. The van der Waals surface area contributed by atoms with Crippen molar-refractivity contribution in [3.05, 3.63) is 87.3 Å². The van der Waals surface area contributed by atoms with E-state index in [-0.39, 0.29) is 17.2 Å². The highest BCUT2D eigenvalue weighted by Gasteiger charge is 2.21. The SMILES string of the molecule is Cc1cc([C@@H](C)Nc2ccc(C)nc2C(=O)O)c2oc(-c3nn(C)c4ccccc34)cc(=O)c2c1. The first-order chi connectivity index (χ1) is 16.7. The van der Waals surface area contributed by atoms with Gasteiger partial charge in [-0.25, -0.2) is 9.78 Å². The summed E-state index contributed by atoms with van der Waals surface area (Å²) in [6.07, 6.45) is 0. The summed E-state index contributed by atoms with van der Waals surface area (Å²) in [6, 6.07) is 16.0. The molecule has 3 aromatic heterocycles. The second kappa shape index (κ2) is 8.39. The Balaban J connectivity index is 1.67. The number of carboxylic acid groups (broad SMARTS) is 1. The van der Waals surface area contributed by atoms with Crippen molar-refractivity contribution in [3.63, 3.8) is 0 Å². The molecule has 5 aromatic rings. The fourth-order valence-electron chi connectivity index (χ4n) is 4.42. The number of rotatable bonds is 5. The lowest BCUT2D eigenvalue weighted by atomic mass is 10.0. The van der Waals surface area contributed by atoms with Crippen LogP contribution in [0.2, 0.25) is 0 Å². The molecule has 35 heavy (non-hydrogen) atoms. The van der Waals surface area contributed by atoms with Crippen LogP contribution in [-0.2, 0) is 7.05 Å². The highest BCUT2D eigenvalue weighted by atomic mass is 16.4. The number of carboxylic acids is 1. The molecule has 0 aliphatic heterocycles. The largest absolute Gasteiger partial charge is 0.476 e. The second-order valence-corrected chi connectivity index (χ2v) is 8.72. The lowest BCUT2D eigenvalue weighted by molar-refractivity contribution is 0.0691. The van der Waals surface area contributed by atoms with E-state index in [1.807, 2.05) is 51.2 Å². The van der Waals surface area contributed by atoms with Crippen molar-refractivity contribution in [2.24, 2.45) is 7.05 Å². The third-order valence-corrected chi connectivity index (χ3v) is 6.07. The number of hydrogen-bond acceptors (Lipinski definition) is 6. The van der Waals surface area contributed by atoms with Crippen molar-refractivity contribution < 1.29 is 14.3 Å². The first-order valence-corrected chi connectivity index (χ1v) is 11.2. The predicted molar refractivity (Wildman–Crippen MR) is 135 cm³/mol. The van der Waals surface area contributed by atoms with Crippen LogP contribution in [0.3, 0.4) is 0 Å². The Morgan fingerprint density at radius 1 is 1.09 bits per heavy atom. The van der Waals surface area contributed by atoms with Crippen LogP contribution < -0.4 is 10.7 Å². The van der Waals surface area contributed by atoms with Crippen molar-refractivity contribution in [1.82, 2.24) is 14.8 Å². The van der Waals surface area contributed by atoms with Gasteiger partial charge in [0.05, 0.1) is 22.6 Å². The quantitative estimate of drug-likeness (QED) is 0.363. The molecule has 0 aliphatic rings. The Bertz CT molecular complexity index is 1680. The topological polar surface area (TPSA) is 110 Å². The Kier molecular flexibility index (Phi) is 5.36. The maximum absolute atomic E-state index is 13.2. The molecule has 3 heterocycles. The van der Waals surface area contributed by atoms with Crippen molar-refractivity contribution in [1.29, 1.82) is 0 Å². The maximum Gasteiger partial charge on any atom is 0.356 e. The Labute approximate surface area is 200 Å². The number of nitrogens with zero attached hydrogens (tertiary/aromatic N) is 3. The van der Waals surface area contributed by atoms with Crippen LogP contribution in [0.5, 0.6) is 0 Å². The number of nitrogens with one attached hydrogen (secondary N) is 1. The summed E-state index contributed by atoms with van der Waals surface area (Å²) in [6.45, 7) is 5.54. The van der Waals surface area contributed by atoms with Gasteiger partial charge >= 0.3 is 5.97 Å². The summed E-state index contributed by atoms with van der Waals surface area (Å²) >= 11 is 0. The fraction of sp³-hybridized carbons (Fsp3) is 0.185. The number of aromatic carboxylic acids is 1. The summed E-state index contributed by atoms with van der Waals surface area (Å²) < 4.78 is 8.10. The molecule has 0 saturated heterocycles. The first kappa shape index (κ1) is 22.3. The van der Waals surface area contributed by atoms with Gasteiger partial charge < -0.3 is 14.8 Å². The standard InChI is InChI=1S/C27H24N4O4/c1-14-11-18(16(3)29-20-10-9-15(2)28-25(20)27(33)34)26-19(12-14)22(32)13-23(35-26)24-17-7-5-6-8-21(17)31(4)30-24/h5-13,16,29H,1-4H3,(H,33,34)/t16-/m1/s1. The Morgan fingerprint density at radius 2 is 1.86 bits per heavy atom. The second-order valence-electron chi connectivity index (χ2n) is 8.72. The first-order valence-electron chi connectivity index (χ1n) is 11.2. The van der Waals surface area contributed by atoms with Gasteiger partial charge in [0, 0.05) is 29.8 Å². The summed E-state index contributed by atoms with van der Waals surface area (Å²) in [5.41, 5.74) is 4.35. The summed E-state index contributed by atoms with van der Waals surface area (Å²) in [5, 5.41) is 18.8. The highest BCUT2D eigenvalue weighted by Crippen LogP contribution is 2.33. The Morgan fingerprint density at radius 3 is 2.63 bits per heavy atom. The smallest absolute Gasteiger partial charge is 0.356 e. The average Bonchev–Trinajstić information content (AvgIpc) is 3.16. The molecule has 1 atom stereocenters. The molecule has 5 rings (SSSR count). The van der Waals surface area contributed by atoms with Crippen molar-refractivity contribution in [3.8, 4) is 11.5 Å². The van der Waals surface area contributed by atoms with Crippen molar-refractivity contribution in [2.45, 2.75) is 26.8 Å². The minimum atomic E-state index is -1.12. The molecule has 0 bridgehead atoms. The molecule has 0 unspecified atom stereocenters. The third kappa shape index (κ3) is 3.93. The number of benzene rings is 2. The summed E-state index contributed by atoms with van der Waals surface area (Å²) in [4.78, 5) is 29.1. The molecule has 176 valence electrons. The molecule has 0 saturated carbocycles. The van der Waals surface area contributed by atoms with Gasteiger partial charge in [0.15, 0.2) is 16.9 Å². The van der Waals surface area contributed by atoms with E-state index >= 15 is 0 Å². The highest BCUT2D eigenvalue weighted by molar-refractivity contribution is 5.94. The predicted octanol–water partition coefficient (Wildman–Crippen LogP) is 5.23. The summed E-state index contributed by atoms with van der Waals surface area (Å²) in [7, 11) is 1.85. The minimum Gasteiger partial charge on any atom is -0.476 e. The maximum atomic E-state index is 13.2. The van der Waals surface area contributed by atoms with Gasteiger partial charge in [0.1, 0.15) is 11.3 Å². The number of aromatic nitrogens is 3. The van der Waals surface area contributed by atoms with E-state index < -0.39 is 5.97 Å². The normalized spacial score (nSPS) is 12.2. The van der Waals surface area contributed by atoms with Gasteiger partial charge in [-0.05, 0) is 50.6 Å². The van der Waals surface area contributed by atoms with E-state index in [1.165, 1.54) is 6.07 Å². The lowest BCUT2D eigenvalue weighted by Crippen LogP contribution is -2.14. The van der Waals surface area contributed by atoms with Crippen LogP contribution >= 0.6 is 0 Å². The number of pyridine rings is 1. The zero-order chi connectivity index (χ0) is 24.9. The molecule has 2 N–H and O–H groups in total. The van der Waals surface area contributed by atoms with Gasteiger partial charge in [0.2, 0.25) is 0 Å². The number of hydrogen-bond donors (Lipinski definition) is 2. The average molecular weight is 469 g/mol. The van der Waals surface area contributed by atoms with Gasteiger partial charge in [-0.15, -0.1) is 0 Å². The van der Waals surface area contributed by atoms with E-state index in [1.54, 1.807) is 29.8 Å². The van der Waals surface area contributed by atoms with Crippen LogP contribution in [0, 0.1) is 13.8 Å². The number of anilines is 1. The zero-order valence-corrected chi connectivity index (χ0v) is 19.8. The number of carbonyl (C=O) groups is 1. The fourth-order valence-corrected chi connectivity index (χ4v) is 4.42. The van der Waals surface area contributed by atoms with Crippen molar-refractivity contribution in [2.75, 3.05) is 5.32 Å². The van der Waals surface area contributed by atoms with Crippen LogP contribution in [0.4, 0.5) is 5.69 Å². The molecule has 0 amide bonds. The van der Waals surface area contributed by atoms with E-state index in [9.17, 15) is 14.7 Å². The number of para-hydroxylation sites is 1. The molecular formula is C27H24N4O4. The lowest BCUT2D eigenvalue weighted by Gasteiger charge is -2.19. The van der Waals surface area contributed by atoms with Gasteiger partial charge in [-0.1, -0.05) is 24.3 Å². The van der Waals surface area contributed by atoms with Gasteiger partial charge in [-0.2, -0.15) is 5.10 Å². The Hall–Kier alpha value is -4.46. The monoisotopic (exact) mass is 468 g/mol. The molecule has 8 heteroatoms. The molecule has 0 spiro atoms. The molecular weight excluding hydrogens is 444 g/mol. The molecule has 0 fully saturated rings. The van der Waals surface area contributed by atoms with Crippen LogP contribution in [0.15, 0.2) is 63.8 Å². The molecule has 2 aromatic carbocycles. The van der Waals surface area contributed by atoms with Crippen LogP contribution in [0.1, 0.15) is 40.3 Å². The zero-order valence-electron chi connectivity index (χ0n) is 19.8. The van der Waals surface area contributed by atoms with E-state index in [0.29, 0.717) is 33.8 Å². The molecule has 8 nitrogen and oxygen atoms in total. The van der Waals surface area contributed by atoms with Gasteiger partial charge in [0.25, 0.3) is 0 Å². The van der Waals surface area contributed by atoms with Crippen LogP contribution in [-0.4, -0.2) is 25.8 Å². The summed E-state index contributed by atoms with van der Waals surface area (Å²) in [5.74, 6) is -0.742. The van der Waals surface area contributed by atoms with E-state index in [2.05, 4.69) is 15.4 Å². The number of fused-ring (bicyclic) bond motifs is 2. The van der Waals surface area contributed by atoms with Crippen LogP contribution in [0.25, 0.3) is 33.3 Å². The minimum absolute atomic E-state index is 0.0593. The van der Waals surface area contributed by atoms with Gasteiger partial charge in [-0.3, -0.25) is 9.48 Å². The molecule has 0 radical (unpaired) electrons. The third-order valence-electron chi connectivity index (χ3n) is 6.07. The van der Waals surface area contributed by atoms with E-state index in [0.717, 1.165) is 22.0 Å². The van der Waals surface area contributed by atoms with E-state index in [4.69, 9.17) is 4.42 Å². The van der Waals surface area contributed by atoms with Crippen molar-refractivity contribution >= 4 is 33.5 Å².